The van der Waals surface area contributed by atoms with Gasteiger partial charge in [-0.2, -0.15) is 0 Å². The average molecular weight is 389 g/mol. The van der Waals surface area contributed by atoms with Crippen LogP contribution in [-0.2, 0) is 9.53 Å². The Morgan fingerprint density at radius 2 is 1.08 bits per heavy atom. The van der Waals surface area contributed by atoms with Crippen molar-refractivity contribution in [2.75, 3.05) is 7.11 Å². The number of rotatable bonds is 20. The Labute approximate surface area is 168 Å². The molecule has 2 nitrogen and oxygen atoms in total. The van der Waals surface area contributed by atoms with Gasteiger partial charge in [0.25, 0.3) is 0 Å². The van der Waals surface area contributed by atoms with Crippen LogP contribution in [0.25, 0.3) is 0 Å². The van der Waals surface area contributed by atoms with Crippen LogP contribution in [0.4, 0.5) is 0 Å². The summed E-state index contributed by atoms with van der Waals surface area (Å²) in [6, 6.07) is 0. The molecule has 0 fully saturated rings. The van der Waals surface area contributed by atoms with Crippen LogP contribution < -0.4 is 0 Å². The van der Waals surface area contributed by atoms with Crippen molar-refractivity contribution in [3.05, 3.63) is 0 Å². The molecule has 1 atom stereocenters. The quantitative estimate of drug-likeness (QED) is 0.119. The number of alkyl halides is 1. The molecule has 0 saturated carbocycles. The van der Waals surface area contributed by atoms with E-state index in [1.54, 1.807) is 0 Å². The van der Waals surface area contributed by atoms with Gasteiger partial charge in [-0.3, -0.25) is 4.79 Å². The van der Waals surface area contributed by atoms with E-state index in [0.29, 0.717) is 11.8 Å². The van der Waals surface area contributed by atoms with Crippen LogP contribution in [0, 0.1) is 0 Å². The Bertz CT molecular complexity index is 294. The van der Waals surface area contributed by atoms with E-state index >= 15 is 0 Å². The van der Waals surface area contributed by atoms with Gasteiger partial charge in [0.05, 0.1) is 7.11 Å². The zero-order valence-corrected chi connectivity index (χ0v) is 18.5. The molecule has 0 aromatic heterocycles. The van der Waals surface area contributed by atoms with E-state index in [2.05, 4.69) is 11.7 Å². The van der Waals surface area contributed by atoms with Gasteiger partial charge in [0.1, 0.15) is 0 Å². The van der Waals surface area contributed by atoms with Gasteiger partial charge in [-0.15, -0.1) is 11.6 Å². The van der Waals surface area contributed by atoms with Crippen molar-refractivity contribution in [3.8, 4) is 0 Å². The summed E-state index contributed by atoms with van der Waals surface area (Å²) in [5.41, 5.74) is 0. The maximum absolute atomic E-state index is 11.0. The SMILES string of the molecule is CCCCCCCCC(Cl)CCCCCCCCCCCCC(=O)OC. The number of methoxy groups -OCH3 is 1. The van der Waals surface area contributed by atoms with E-state index in [9.17, 15) is 4.79 Å². The first-order valence-corrected chi connectivity index (χ1v) is 11.8. The zero-order valence-electron chi connectivity index (χ0n) is 17.7. The highest BCUT2D eigenvalue weighted by molar-refractivity contribution is 6.20. The molecule has 156 valence electrons. The maximum atomic E-state index is 11.0. The van der Waals surface area contributed by atoms with Crippen molar-refractivity contribution in [2.45, 2.75) is 134 Å². The predicted molar refractivity (Wildman–Crippen MR) is 115 cm³/mol. The second-order valence-electron chi connectivity index (χ2n) is 7.80. The number of halogens is 1. The molecule has 0 radical (unpaired) electrons. The van der Waals surface area contributed by atoms with Gasteiger partial charge in [0, 0.05) is 11.8 Å². The standard InChI is InChI=1S/C23H45ClO2/c1-3-4-5-6-13-16-19-22(24)20-17-14-11-9-7-8-10-12-15-18-21-23(25)26-2/h22H,3-21H2,1-2H3. The van der Waals surface area contributed by atoms with Gasteiger partial charge in [-0.1, -0.05) is 103 Å². The number of carbonyl (C=O) groups excluding carboxylic acids is 1. The molecular weight excluding hydrogens is 344 g/mol. The molecule has 0 N–H and O–H groups in total. The molecule has 3 heteroatoms. The van der Waals surface area contributed by atoms with Crippen LogP contribution in [0.3, 0.4) is 0 Å². The summed E-state index contributed by atoms with van der Waals surface area (Å²) < 4.78 is 4.65. The Kier molecular flexibility index (Phi) is 20.9. The molecule has 0 heterocycles. The molecule has 0 aromatic rings. The van der Waals surface area contributed by atoms with Crippen molar-refractivity contribution in [2.24, 2.45) is 0 Å². The van der Waals surface area contributed by atoms with Crippen molar-refractivity contribution in [1.82, 2.24) is 0 Å². The van der Waals surface area contributed by atoms with Gasteiger partial charge in [-0.25, -0.2) is 0 Å². The first kappa shape index (κ1) is 25.8. The second-order valence-corrected chi connectivity index (χ2v) is 8.42. The molecule has 0 aromatic carbocycles. The highest BCUT2D eigenvalue weighted by Crippen LogP contribution is 2.18. The monoisotopic (exact) mass is 388 g/mol. The van der Waals surface area contributed by atoms with Crippen molar-refractivity contribution >= 4 is 17.6 Å². The fourth-order valence-corrected chi connectivity index (χ4v) is 3.75. The summed E-state index contributed by atoms with van der Waals surface area (Å²) in [7, 11) is 1.46. The molecule has 0 bridgehead atoms. The fourth-order valence-electron chi connectivity index (χ4n) is 3.44. The largest absolute Gasteiger partial charge is 0.469 e. The van der Waals surface area contributed by atoms with Crippen LogP contribution in [0.15, 0.2) is 0 Å². The minimum Gasteiger partial charge on any atom is -0.469 e. The zero-order chi connectivity index (χ0) is 19.3. The van der Waals surface area contributed by atoms with E-state index in [1.165, 1.54) is 110 Å². The van der Waals surface area contributed by atoms with Gasteiger partial charge < -0.3 is 4.74 Å². The molecule has 0 rings (SSSR count). The van der Waals surface area contributed by atoms with Crippen LogP contribution in [0.5, 0.6) is 0 Å². The number of hydrogen-bond acceptors (Lipinski definition) is 2. The van der Waals surface area contributed by atoms with Crippen LogP contribution in [0.2, 0.25) is 0 Å². The molecule has 1 unspecified atom stereocenters. The van der Waals surface area contributed by atoms with E-state index in [0.717, 1.165) is 12.8 Å². The molecule has 0 aliphatic carbocycles. The highest BCUT2D eigenvalue weighted by Gasteiger charge is 2.04. The lowest BCUT2D eigenvalue weighted by Gasteiger charge is -2.09. The molecule has 0 spiro atoms. The van der Waals surface area contributed by atoms with Gasteiger partial charge in [0.15, 0.2) is 0 Å². The normalized spacial score (nSPS) is 12.3. The highest BCUT2D eigenvalue weighted by atomic mass is 35.5. The summed E-state index contributed by atoms with van der Waals surface area (Å²) in [5, 5.41) is 0.408. The number of carbonyl (C=O) groups is 1. The summed E-state index contributed by atoms with van der Waals surface area (Å²) in [6.45, 7) is 2.27. The van der Waals surface area contributed by atoms with Crippen molar-refractivity contribution in [3.63, 3.8) is 0 Å². The third-order valence-corrected chi connectivity index (χ3v) is 5.68. The summed E-state index contributed by atoms with van der Waals surface area (Å²) in [5.74, 6) is -0.0730. The van der Waals surface area contributed by atoms with Crippen molar-refractivity contribution in [1.29, 1.82) is 0 Å². The Hall–Kier alpha value is -0.240. The fraction of sp³-hybridized carbons (Fsp3) is 0.957. The lowest BCUT2D eigenvalue weighted by molar-refractivity contribution is -0.140. The molecule has 0 aliphatic rings. The third kappa shape index (κ3) is 20.1. The molecule has 0 amide bonds. The summed E-state index contributed by atoms with van der Waals surface area (Å²) >= 11 is 6.44. The summed E-state index contributed by atoms with van der Waals surface area (Å²) in [6.07, 6.45) is 24.0. The maximum Gasteiger partial charge on any atom is 0.305 e. The second kappa shape index (κ2) is 21.1. The van der Waals surface area contributed by atoms with Gasteiger partial charge >= 0.3 is 5.97 Å². The Balaban J connectivity index is 3.15. The van der Waals surface area contributed by atoms with E-state index in [-0.39, 0.29) is 5.97 Å². The first-order chi connectivity index (χ1) is 12.7. The van der Waals surface area contributed by atoms with E-state index < -0.39 is 0 Å². The Morgan fingerprint density at radius 3 is 1.50 bits per heavy atom. The van der Waals surface area contributed by atoms with Crippen LogP contribution >= 0.6 is 11.6 Å². The van der Waals surface area contributed by atoms with Crippen molar-refractivity contribution < 1.29 is 9.53 Å². The number of esters is 1. The van der Waals surface area contributed by atoms with E-state index in [4.69, 9.17) is 11.6 Å². The first-order valence-electron chi connectivity index (χ1n) is 11.4. The molecule has 0 aliphatic heterocycles. The average Bonchev–Trinajstić information content (AvgIpc) is 2.65. The van der Waals surface area contributed by atoms with Crippen LogP contribution in [-0.4, -0.2) is 18.5 Å². The number of unbranched alkanes of at least 4 members (excludes halogenated alkanes) is 14. The number of ether oxygens (including phenoxy) is 1. The molecule has 0 saturated heterocycles. The Morgan fingerprint density at radius 1 is 0.692 bits per heavy atom. The smallest absolute Gasteiger partial charge is 0.305 e. The third-order valence-electron chi connectivity index (χ3n) is 5.25. The van der Waals surface area contributed by atoms with Gasteiger partial charge in [0.2, 0.25) is 0 Å². The molecular formula is C23H45ClO2. The number of hydrogen-bond donors (Lipinski definition) is 0. The van der Waals surface area contributed by atoms with Crippen LogP contribution in [0.1, 0.15) is 129 Å². The topological polar surface area (TPSA) is 26.3 Å². The van der Waals surface area contributed by atoms with E-state index in [1.807, 2.05) is 0 Å². The molecule has 26 heavy (non-hydrogen) atoms. The lowest BCUT2D eigenvalue weighted by Crippen LogP contribution is -1.99. The lowest BCUT2D eigenvalue weighted by atomic mass is 10.0. The summed E-state index contributed by atoms with van der Waals surface area (Å²) in [4.78, 5) is 11.0. The van der Waals surface area contributed by atoms with Gasteiger partial charge in [-0.05, 0) is 19.3 Å². The minimum atomic E-state index is -0.0730. The minimum absolute atomic E-state index is 0.0730. The predicted octanol–water partition coefficient (Wildman–Crippen LogP) is 8.20.